The topological polar surface area (TPSA) is 67.6 Å². The summed E-state index contributed by atoms with van der Waals surface area (Å²) in [5, 5.41) is 3.73. The average molecular weight is 400 g/mol. The first-order valence-electron chi connectivity index (χ1n) is 9.70. The summed E-state index contributed by atoms with van der Waals surface area (Å²) in [5.41, 5.74) is 0.941. The van der Waals surface area contributed by atoms with Gasteiger partial charge >= 0.3 is 0 Å². The third kappa shape index (κ3) is 4.43. The smallest absolute Gasteiger partial charge is 0.287 e. The van der Waals surface area contributed by atoms with Crippen molar-refractivity contribution in [3.05, 3.63) is 42.2 Å². The van der Waals surface area contributed by atoms with Crippen LogP contribution in [0.2, 0.25) is 0 Å². The Labute approximate surface area is 168 Å². The van der Waals surface area contributed by atoms with Gasteiger partial charge in [-0.15, -0.1) is 11.3 Å². The molecule has 1 aromatic carbocycles. The van der Waals surface area contributed by atoms with Crippen LogP contribution in [0.4, 0.5) is 0 Å². The number of hydrogen-bond acceptors (Lipinski definition) is 6. The number of fused-ring (bicyclic) bond motifs is 1. The van der Waals surface area contributed by atoms with Gasteiger partial charge in [-0.05, 0) is 44.5 Å². The predicted molar refractivity (Wildman–Crippen MR) is 111 cm³/mol. The molecule has 0 bridgehead atoms. The number of morpholine rings is 1. The van der Waals surface area contributed by atoms with Crippen LogP contribution in [0.1, 0.15) is 30.8 Å². The van der Waals surface area contributed by atoms with E-state index in [1.165, 1.54) is 0 Å². The number of nitrogens with one attached hydrogen (secondary N) is 1. The average Bonchev–Trinajstić information content (AvgIpc) is 3.31. The maximum Gasteiger partial charge on any atom is 0.287 e. The summed E-state index contributed by atoms with van der Waals surface area (Å²) in [6.07, 6.45) is 1.43. The molecule has 2 atom stereocenters. The van der Waals surface area contributed by atoms with Crippen molar-refractivity contribution in [3.8, 4) is 10.8 Å². The zero-order valence-corrected chi connectivity index (χ0v) is 17.0. The van der Waals surface area contributed by atoms with Crippen LogP contribution < -0.4 is 5.32 Å². The monoisotopic (exact) mass is 399 g/mol. The molecule has 1 N–H and O–H groups in total. The van der Waals surface area contributed by atoms with E-state index in [0.717, 1.165) is 41.3 Å². The van der Waals surface area contributed by atoms with Gasteiger partial charge in [0.2, 0.25) is 0 Å². The molecule has 0 radical (unpaired) electrons. The van der Waals surface area contributed by atoms with E-state index in [0.29, 0.717) is 18.1 Å². The lowest BCUT2D eigenvalue weighted by atomic mass is 10.2. The van der Waals surface area contributed by atoms with Gasteiger partial charge in [0.25, 0.3) is 5.91 Å². The number of ether oxygens (including phenoxy) is 1. The third-order valence-electron chi connectivity index (χ3n) is 4.77. The maximum absolute atomic E-state index is 12.4. The van der Waals surface area contributed by atoms with E-state index in [1.807, 2.05) is 30.3 Å². The number of furan rings is 1. The molecule has 28 heavy (non-hydrogen) atoms. The van der Waals surface area contributed by atoms with Crippen LogP contribution in [0, 0.1) is 0 Å². The molecular weight excluding hydrogens is 374 g/mol. The molecule has 2 aromatic heterocycles. The predicted octanol–water partition coefficient (Wildman–Crippen LogP) is 3.79. The van der Waals surface area contributed by atoms with E-state index < -0.39 is 0 Å². The fraction of sp³-hybridized carbons (Fsp3) is 0.429. The van der Waals surface area contributed by atoms with Crippen molar-refractivity contribution < 1.29 is 13.9 Å². The molecule has 1 saturated heterocycles. The number of para-hydroxylation sites is 1. The molecule has 2 unspecified atom stereocenters. The third-order valence-corrected chi connectivity index (χ3v) is 5.82. The number of hydrogen-bond donors (Lipinski definition) is 1. The van der Waals surface area contributed by atoms with Crippen molar-refractivity contribution >= 4 is 27.5 Å². The van der Waals surface area contributed by atoms with Crippen LogP contribution in [0.5, 0.6) is 0 Å². The van der Waals surface area contributed by atoms with Gasteiger partial charge < -0.3 is 14.5 Å². The van der Waals surface area contributed by atoms with Gasteiger partial charge in [0.1, 0.15) is 0 Å². The lowest BCUT2D eigenvalue weighted by Gasteiger charge is -2.35. The molecule has 1 fully saturated rings. The molecule has 0 saturated carbocycles. The number of carbonyl (C=O) groups is 1. The second-order valence-electron chi connectivity index (χ2n) is 7.28. The van der Waals surface area contributed by atoms with Gasteiger partial charge in [-0.25, -0.2) is 4.98 Å². The minimum Gasteiger partial charge on any atom is -0.448 e. The number of aromatic nitrogens is 1. The number of amides is 1. The van der Waals surface area contributed by atoms with Crippen LogP contribution in [0.3, 0.4) is 0 Å². The Morgan fingerprint density at radius 3 is 2.79 bits per heavy atom. The molecule has 0 spiro atoms. The summed E-state index contributed by atoms with van der Waals surface area (Å²) in [6.45, 7) is 7.67. The van der Waals surface area contributed by atoms with Gasteiger partial charge in [0.15, 0.2) is 16.5 Å². The number of nitrogens with zero attached hydrogens (tertiary/aromatic N) is 2. The Balaban J connectivity index is 1.28. The van der Waals surface area contributed by atoms with Crippen LogP contribution >= 0.6 is 11.3 Å². The van der Waals surface area contributed by atoms with E-state index in [4.69, 9.17) is 9.15 Å². The zero-order chi connectivity index (χ0) is 19.5. The van der Waals surface area contributed by atoms with Gasteiger partial charge in [-0.1, -0.05) is 12.1 Å². The number of rotatable bonds is 6. The molecule has 1 aliphatic rings. The van der Waals surface area contributed by atoms with Gasteiger partial charge in [0.05, 0.1) is 22.4 Å². The summed E-state index contributed by atoms with van der Waals surface area (Å²) >= 11 is 1.56. The largest absolute Gasteiger partial charge is 0.448 e. The van der Waals surface area contributed by atoms with E-state index in [-0.39, 0.29) is 18.1 Å². The van der Waals surface area contributed by atoms with Crippen molar-refractivity contribution in [1.82, 2.24) is 15.2 Å². The molecule has 0 aliphatic carbocycles. The quantitative estimate of drug-likeness (QED) is 0.639. The zero-order valence-electron chi connectivity index (χ0n) is 16.2. The SMILES string of the molecule is CC1CN(CCCNC(=O)c2ccc(-c3nc4ccccc4s3)o2)CC(C)O1. The highest BCUT2D eigenvalue weighted by Crippen LogP contribution is 2.31. The molecule has 1 amide bonds. The summed E-state index contributed by atoms with van der Waals surface area (Å²) in [4.78, 5) is 19.3. The van der Waals surface area contributed by atoms with Crippen molar-refractivity contribution in [2.45, 2.75) is 32.5 Å². The fourth-order valence-electron chi connectivity index (χ4n) is 3.61. The lowest BCUT2D eigenvalue weighted by Crippen LogP contribution is -2.46. The van der Waals surface area contributed by atoms with Gasteiger partial charge in [0, 0.05) is 26.2 Å². The molecular formula is C21H25N3O3S. The summed E-state index contributed by atoms with van der Waals surface area (Å²) < 4.78 is 12.6. The summed E-state index contributed by atoms with van der Waals surface area (Å²) in [7, 11) is 0. The Hall–Kier alpha value is -2.22. The summed E-state index contributed by atoms with van der Waals surface area (Å²) in [6, 6.07) is 11.5. The number of thiazole rings is 1. The van der Waals surface area contributed by atoms with E-state index >= 15 is 0 Å². The number of benzene rings is 1. The van der Waals surface area contributed by atoms with Crippen molar-refractivity contribution in [1.29, 1.82) is 0 Å². The minimum atomic E-state index is -0.184. The molecule has 1 aliphatic heterocycles. The normalized spacial score (nSPS) is 20.5. The van der Waals surface area contributed by atoms with Gasteiger partial charge in [-0.2, -0.15) is 0 Å². The molecule has 4 rings (SSSR count). The van der Waals surface area contributed by atoms with Crippen LogP contribution in [0.15, 0.2) is 40.8 Å². The van der Waals surface area contributed by atoms with Crippen LogP contribution in [-0.2, 0) is 4.74 Å². The Morgan fingerprint density at radius 1 is 1.21 bits per heavy atom. The minimum absolute atomic E-state index is 0.184. The maximum atomic E-state index is 12.4. The first-order chi connectivity index (χ1) is 13.6. The van der Waals surface area contributed by atoms with Crippen LogP contribution in [-0.4, -0.2) is 54.2 Å². The van der Waals surface area contributed by atoms with Crippen molar-refractivity contribution in [2.24, 2.45) is 0 Å². The molecule has 148 valence electrons. The first-order valence-corrected chi connectivity index (χ1v) is 10.5. The molecule has 7 heteroatoms. The van der Waals surface area contributed by atoms with E-state index in [9.17, 15) is 4.79 Å². The standard InChI is InChI=1S/C21H25N3O3S/c1-14-12-24(13-15(2)26-14)11-5-10-22-20(25)17-8-9-18(27-17)21-23-16-6-3-4-7-19(16)28-21/h3-4,6-9,14-15H,5,10-13H2,1-2H3,(H,22,25). The first kappa shape index (κ1) is 19.1. The highest BCUT2D eigenvalue weighted by molar-refractivity contribution is 7.21. The Morgan fingerprint density at radius 2 is 2.00 bits per heavy atom. The highest BCUT2D eigenvalue weighted by Gasteiger charge is 2.21. The fourth-order valence-corrected chi connectivity index (χ4v) is 4.54. The second kappa shape index (κ2) is 8.43. The van der Waals surface area contributed by atoms with E-state index in [1.54, 1.807) is 17.4 Å². The molecule has 3 aromatic rings. The molecule has 3 heterocycles. The lowest BCUT2D eigenvalue weighted by molar-refractivity contribution is -0.0680. The van der Waals surface area contributed by atoms with Gasteiger partial charge in [-0.3, -0.25) is 9.69 Å². The molecule has 6 nitrogen and oxygen atoms in total. The Bertz CT molecular complexity index is 908. The Kier molecular flexibility index (Phi) is 5.75. The van der Waals surface area contributed by atoms with Crippen molar-refractivity contribution in [3.63, 3.8) is 0 Å². The van der Waals surface area contributed by atoms with Crippen LogP contribution in [0.25, 0.3) is 21.0 Å². The highest BCUT2D eigenvalue weighted by atomic mass is 32.1. The van der Waals surface area contributed by atoms with Crippen molar-refractivity contribution in [2.75, 3.05) is 26.2 Å². The summed E-state index contributed by atoms with van der Waals surface area (Å²) in [5.74, 6) is 0.765. The van der Waals surface area contributed by atoms with E-state index in [2.05, 4.69) is 29.0 Å². The second-order valence-corrected chi connectivity index (χ2v) is 8.31. The number of carbonyl (C=O) groups excluding carboxylic acids is 1.